The van der Waals surface area contributed by atoms with Crippen LogP contribution in [0, 0.1) is 17.2 Å². The zero-order valence-electron chi connectivity index (χ0n) is 9.40. The molecule has 2 atom stereocenters. The van der Waals surface area contributed by atoms with Crippen LogP contribution in [0.15, 0.2) is 0 Å². The maximum Gasteiger partial charge on any atom is 0.252 e. The van der Waals surface area contributed by atoms with Gasteiger partial charge in [0, 0.05) is 13.2 Å². The molecule has 0 saturated carbocycles. The van der Waals surface area contributed by atoms with E-state index in [1.807, 2.05) is 19.9 Å². The summed E-state index contributed by atoms with van der Waals surface area (Å²) in [4.78, 5) is 13.6. The number of amides is 1. The second-order valence-corrected chi connectivity index (χ2v) is 3.98. The third kappa shape index (κ3) is 2.93. The number of nitriles is 1. The minimum atomic E-state index is -0.329. The van der Waals surface area contributed by atoms with Gasteiger partial charge >= 0.3 is 0 Å². The van der Waals surface area contributed by atoms with Crippen molar-refractivity contribution in [1.82, 2.24) is 4.90 Å². The number of rotatable bonds is 4. The van der Waals surface area contributed by atoms with Gasteiger partial charge in [-0.15, -0.1) is 0 Å². The van der Waals surface area contributed by atoms with Gasteiger partial charge in [0.05, 0.1) is 6.07 Å². The number of carbonyl (C=O) groups is 1. The molecule has 15 heavy (non-hydrogen) atoms. The van der Waals surface area contributed by atoms with Gasteiger partial charge in [-0.3, -0.25) is 4.79 Å². The summed E-state index contributed by atoms with van der Waals surface area (Å²) in [6, 6.07) is 2.02. The Hall–Kier alpha value is -1.08. The summed E-state index contributed by atoms with van der Waals surface area (Å²) in [5.41, 5.74) is 0. The molecule has 0 spiro atoms. The number of nitrogens with zero attached hydrogens (tertiary/aromatic N) is 2. The summed E-state index contributed by atoms with van der Waals surface area (Å²) in [7, 11) is 0. The third-order valence-electron chi connectivity index (χ3n) is 2.70. The lowest BCUT2D eigenvalue weighted by molar-refractivity contribution is -0.141. The molecule has 0 aromatic rings. The molecule has 2 unspecified atom stereocenters. The van der Waals surface area contributed by atoms with Crippen LogP contribution >= 0.6 is 0 Å². The van der Waals surface area contributed by atoms with E-state index in [1.54, 1.807) is 4.90 Å². The monoisotopic (exact) mass is 210 g/mol. The van der Waals surface area contributed by atoms with Crippen LogP contribution < -0.4 is 0 Å². The fourth-order valence-electron chi connectivity index (χ4n) is 1.81. The van der Waals surface area contributed by atoms with Gasteiger partial charge in [0.25, 0.3) is 5.91 Å². The lowest BCUT2D eigenvalue weighted by atomic mass is 10.0. The predicted molar refractivity (Wildman–Crippen MR) is 56.0 cm³/mol. The molecule has 1 rings (SSSR count). The largest absolute Gasteiger partial charge is 0.368 e. The Morgan fingerprint density at radius 1 is 1.67 bits per heavy atom. The summed E-state index contributed by atoms with van der Waals surface area (Å²) in [5, 5.41) is 8.64. The second kappa shape index (κ2) is 5.72. The highest BCUT2D eigenvalue weighted by atomic mass is 16.5. The Labute approximate surface area is 90.8 Å². The summed E-state index contributed by atoms with van der Waals surface area (Å²) < 4.78 is 5.40. The fraction of sp³-hybridized carbons (Fsp3) is 0.818. The fourth-order valence-corrected chi connectivity index (χ4v) is 1.81. The summed E-state index contributed by atoms with van der Waals surface area (Å²) >= 11 is 0. The Morgan fingerprint density at radius 3 is 2.87 bits per heavy atom. The van der Waals surface area contributed by atoms with Crippen molar-refractivity contribution in [3.8, 4) is 6.07 Å². The average molecular weight is 210 g/mol. The molecule has 0 aliphatic carbocycles. The van der Waals surface area contributed by atoms with Gasteiger partial charge in [0.2, 0.25) is 0 Å². The van der Waals surface area contributed by atoms with Crippen molar-refractivity contribution in [1.29, 1.82) is 5.26 Å². The highest BCUT2D eigenvalue weighted by molar-refractivity contribution is 5.81. The molecule has 0 aromatic carbocycles. The molecule has 0 radical (unpaired) electrons. The minimum absolute atomic E-state index is 0.0246. The molecular formula is C11H18N2O2. The maximum absolute atomic E-state index is 12.0. The molecule has 4 heteroatoms. The lowest BCUT2D eigenvalue weighted by Crippen LogP contribution is -2.41. The van der Waals surface area contributed by atoms with Crippen LogP contribution in [0.1, 0.15) is 26.7 Å². The van der Waals surface area contributed by atoms with Crippen LogP contribution in [0.25, 0.3) is 0 Å². The summed E-state index contributed by atoms with van der Waals surface area (Å²) in [5.74, 6) is 0.249. The number of hydrogen-bond donors (Lipinski definition) is 0. The van der Waals surface area contributed by atoms with Crippen molar-refractivity contribution in [2.75, 3.05) is 19.7 Å². The van der Waals surface area contributed by atoms with Crippen LogP contribution in [-0.4, -0.2) is 36.6 Å². The maximum atomic E-state index is 12.0. The molecule has 1 amide bonds. The van der Waals surface area contributed by atoms with E-state index in [0.717, 1.165) is 12.8 Å². The average Bonchev–Trinajstić information content (AvgIpc) is 2.63. The van der Waals surface area contributed by atoms with E-state index in [4.69, 9.17) is 10.00 Å². The van der Waals surface area contributed by atoms with E-state index >= 15 is 0 Å². The molecule has 0 bridgehead atoms. The summed E-state index contributed by atoms with van der Waals surface area (Å²) in [6.45, 7) is 5.48. The Morgan fingerprint density at radius 2 is 2.40 bits per heavy atom. The molecule has 1 saturated heterocycles. The lowest BCUT2D eigenvalue weighted by Gasteiger charge is -2.23. The van der Waals surface area contributed by atoms with Crippen molar-refractivity contribution in [3.05, 3.63) is 0 Å². The first-order valence-electron chi connectivity index (χ1n) is 5.48. The van der Waals surface area contributed by atoms with Gasteiger partial charge in [-0.25, -0.2) is 0 Å². The summed E-state index contributed by atoms with van der Waals surface area (Å²) in [6.07, 6.45) is 1.47. The Balaban J connectivity index is 2.58. The van der Waals surface area contributed by atoms with Crippen molar-refractivity contribution in [2.45, 2.75) is 32.8 Å². The van der Waals surface area contributed by atoms with E-state index in [1.165, 1.54) is 0 Å². The number of carbonyl (C=O) groups excluding carboxylic acids is 1. The molecule has 1 aliphatic heterocycles. The topological polar surface area (TPSA) is 53.3 Å². The zero-order chi connectivity index (χ0) is 11.3. The highest BCUT2D eigenvalue weighted by Gasteiger charge is 2.33. The van der Waals surface area contributed by atoms with Gasteiger partial charge in [0.1, 0.15) is 12.6 Å². The first-order valence-corrected chi connectivity index (χ1v) is 5.48. The van der Waals surface area contributed by atoms with E-state index in [0.29, 0.717) is 13.2 Å². The molecular weight excluding hydrogens is 192 g/mol. The zero-order valence-corrected chi connectivity index (χ0v) is 9.40. The first-order chi connectivity index (χ1) is 7.20. The SMILES string of the molecule is CCCN(CC#N)C(=O)C1OCCC1C. The van der Waals surface area contributed by atoms with Crippen LogP contribution in [-0.2, 0) is 9.53 Å². The Kier molecular flexibility index (Phi) is 4.57. The quantitative estimate of drug-likeness (QED) is 0.654. The standard InChI is InChI=1S/C11H18N2O2/c1-3-6-13(7-5-12)11(14)10-9(2)4-8-15-10/h9-10H,3-4,6-8H2,1-2H3. The predicted octanol–water partition coefficient (Wildman–Crippen LogP) is 1.17. The number of hydrogen-bond acceptors (Lipinski definition) is 3. The van der Waals surface area contributed by atoms with Crippen LogP contribution in [0.5, 0.6) is 0 Å². The van der Waals surface area contributed by atoms with Crippen molar-refractivity contribution in [3.63, 3.8) is 0 Å². The molecule has 1 fully saturated rings. The van der Waals surface area contributed by atoms with E-state index in [-0.39, 0.29) is 24.5 Å². The third-order valence-corrected chi connectivity index (χ3v) is 2.70. The minimum Gasteiger partial charge on any atom is -0.368 e. The van der Waals surface area contributed by atoms with E-state index in [9.17, 15) is 4.79 Å². The molecule has 0 N–H and O–H groups in total. The van der Waals surface area contributed by atoms with Crippen LogP contribution in [0.2, 0.25) is 0 Å². The van der Waals surface area contributed by atoms with Gasteiger partial charge in [-0.2, -0.15) is 5.26 Å². The van der Waals surface area contributed by atoms with E-state index < -0.39 is 0 Å². The van der Waals surface area contributed by atoms with Gasteiger partial charge < -0.3 is 9.64 Å². The molecule has 4 nitrogen and oxygen atoms in total. The normalized spacial score (nSPS) is 24.9. The number of ether oxygens (including phenoxy) is 1. The van der Waals surface area contributed by atoms with E-state index in [2.05, 4.69) is 0 Å². The molecule has 0 aromatic heterocycles. The second-order valence-electron chi connectivity index (χ2n) is 3.98. The molecule has 84 valence electrons. The van der Waals surface area contributed by atoms with Gasteiger partial charge in [-0.05, 0) is 18.8 Å². The van der Waals surface area contributed by atoms with Crippen LogP contribution in [0.3, 0.4) is 0 Å². The van der Waals surface area contributed by atoms with Crippen molar-refractivity contribution < 1.29 is 9.53 Å². The first kappa shape index (κ1) is 12.0. The smallest absolute Gasteiger partial charge is 0.252 e. The van der Waals surface area contributed by atoms with Crippen LogP contribution in [0.4, 0.5) is 0 Å². The molecule has 1 aliphatic rings. The van der Waals surface area contributed by atoms with Gasteiger partial charge in [0.15, 0.2) is 0 Å². The van der Waals surface area contributed by atoms with Crippen molar-refractivity contribution in [2.24, 2.45) is 5.92 Å². The Bertz CT molecular complexity index is 260. The van der Waals surface area contributed by atoms with Gasteiger partial charge in [-0.1, -0.05) is 13.8 Å². The molecule has 1 heterocycles. The highest BCUT2D eigenvalue weighted by Crippen LogP contribution is 2.21. The van der Waals surface area contributed by atoms with Crippen molar-refractivity contribution >= 4 is 5.91 Å².